The summed E-state index contributed by atoms with van der Waals surface area (Å²) in [6.45, 7) is 0.298. The molecule has 1 heterocycles. The summed E-state index contributed by atoms with van der Waals surface area (Å²) in [5.41, 5.74) is 11.6. The highest BCUT2D eigenvalue weighted by Crippen LogP contribution is 2.20. The summed E-state index contributed by atoms with van der Waals surface area (Å²) in [4.78, 5) is 63.0. The topological polar surface area (TPSA) is 185 Å². The molecule has 35 heavy (non-hydrogen) atoms. The van der Waals surface area contributed by atoms with Gasteiger partial charge in [-0.05, 0) is 36.8 Å². The SMILES string of the molecule is CSCCC(NC(=O)C(N)CC(N)=O)C(=O)N1CCCC1C(=O)NC(Cc1ccccc1)C(=O)O. The lowest BCUT2D eigenvalue weighted by molar-refractivity contribution is -0.145. The van der Waals surface area contributed by atoms with Crippen LogP contribution >= 0.6 is 11.8 Å². The lowest BCUT2D eigenvalue weighted by Gasteiger charge is -2.30. The van der Waals surface area contributed by atoms with Gasteiger partial charge in [0.05, 0.1) is 12.5 Å². The highest BCUT2D eigenvalue weighted by atomic mass is 32.2. The molecule has 12 heteroatoms. The molecule has 7 N–H and O–H groups in total. The monoisotopic (exact) mass is 507 g/mol. The minimum atomic E-state index is -1.19. The van der Waals surface area contributed by atoms with Gasteiger partial charge in [0.25, 0.3) is 0 Å². The predicted molar refractivity (Wildman–Crippen MR) is 131 cm³/mol. The Morgan fingerprint density at radius 1 is 1.14 bits per heavy atom. The van der Waals surface area contributed by atoms with Gasteiger partial charge in [-0.3, -0.25) is 19.2 Å². The summed E-state index contributed by atoms with van der Waals surface area (Å²) < 4.78 is 0. The minimum Gasteiger partial charge on any atom is -0.480 e. The van der Waals surface area contributed by atoms with Crippen LogP contribution in [0.3, 0.4) is 0 Å². The number of nitrogens with one attached hydrogen (secondary N) is 2. The largest absolute Gasteiger partial charge is 0.480 e. The van der Waals surface area contributed by atoms with Gasteiger partial charge in [0, 0.05) is 13.0 Å². The van der Waals surface area contributed by atoms with E-state index in [-0.39, 0.29) is 12.8 Å². The van der Waals surface area contributed by atoms with Gasteiger partial charge in [0.1, 0.15) is 18.1 Å². The van der Waals surface area contributed by atoms with E-state index in [0.29, 0.717) is 31.6 Å². The number of thioether (sulfide) groups is 1. The number of rotatable bonds is 13. The fourth-order valence-corrected chi connectivity index (χ4v) is 4.37. The Kier molecular flexibility index (Phi) is 11.0. The van der Waals surface area contributed by atoms with Crippen molar-refractivity contribution in [3.05, 3.63) is 35.9 Å². The van der Waals surface area contributed by atoms with Crippen LogP contribution in [0.4, 0.5) is 0 Å². The van der Waals surface area contributed by atoms with E-state index in [0.717, 1.165) is 5.56 Å². The van der Waals surface area contributed by atoms with E-state index in [9.17, 15) is 29.1 Å². The molecule has 1 aromatic rings. The average molecular weight is 508 g/mol. The molecule has 4 unspecified atom stereocenters. The third-order valence-electron chi connectivity index (χ3n) is 5.72. The highest BCUT2D eigenvalue weighted by molar-refractivity contribution is 7.98. The van der Waals surface area contributed by atoms with E-state index in [1.54, 1.807) is 24.3 Å². The molecule has 0 spiro atoms. The number of hydrogen-bond donors (Lipinski definition) is 5. The summed E-state index contributed by atoms with van der Waals surface area (Å²) >= 11 is 1.48. The first-order chi connectivity index (χ1) is 16.6. The van der Waals surface area contributed by atoms with Crippen LogP contribution in [0.5, 0.6) is 0 Å². The molecule has 0 aromatic heterocycles. The van der Waals surface area contributed by atoms with E-state index in [4.69, 9.17) is 11.5 Å². The number of hydrogen-bond acceptors (Lipinski definition) is 7. The average Bonchev–Trinajstić information content (AvgIpc) is 3.31. The van der Waals surface area contributed by atoms with Crippen LogP contribution < -0.4 is 22.1 Å². The Morgan fingerprint density at radius 3 is 2.43 bits per heavy atom. The van der Waals surface area contributed by atoms with Crippen molar-refractivity contribution in [3.63, 3.8) is 0 Å². The maximum Gasteiger partial charge on any atom is 0.326 e. The van der Waals surface area contributed by atoms with Crippen molar-refractivity contribution in [1.29, 1.82) is 0 Å². The normalized spacial score (nSPS) is 17.8. The second-order valence-corrected chi connectivity index (χ2v) is 9.38. The zero-order valence-corrected chi connectivity index (χ0v) is 20.5. The standard InChI is InChI=1S/C23H33N5O6S/c1-35-11-9-16(26-20(30)15(24)13-19(25)29)22(32)28-10-5-8-18(28)21(31)27-17(23(33)34)12-14-6-3-2-4-7-14/h2-4,6-7,15-18H,5,8-13,24H2,1H3,(H2,25,29)(H,26,30)(H,27,31)(H,33,34). The van der Waals surface area contributed by atoms with Crippen LogP contribution in [-0.4, -0.2) is 82.3 Å². The van der Waals surface area contributed by atoms with Gasteiger partial charge >= 0.3 is 5.97 Å². The molecule has 1 aliphatic heterocycles. The van der Waals surface area contributed by atoms with Gasteiger partial charge in [-0.25, -0.2) is 4.79 Å². The summed E-state index contributed by atoms with van der Waals surface area (Å²) in [5, 5.41) is 14.8. The number of carbonyl (C=O) groups is 5. The fourth-order valence-electron chi connectivity index (χ4n) is 3.90. The summed E-state index contributed by atoms with van der Waals surface area (Å²) in [6, 6.07) is 4.79. The number of nitrogens with zero attached hydrogens (tertiary/aromatic N) is 1. The van der Waals surface area contributed by atoms with Crippen LogP contribution in [0.2, 0.25) is 0 Å². The Labute approximate surface area is 208 Å². The van der Waals surface area contributed by atoms with E-state index >= 15 is 0 Å². The Hall–Kier alpha value is -3.12. The number of carboxylic acids is 1. The zero-order chi connectivity index (χ0) is 26.0. The van der Waals surface area contributed by atoms with Gasteiger partial charge in [-0.1, -0.05) is 30.3 Å². The van der Waals surface area contributed by atoms with E-state index in [1.165, 1.54) is 16.7 Å². The molecule has 1 aromatic carbocycles. The summed E-state index contributed by atoms with van der Waals surface area (Å²) in [6.07, 6.45) is 2.83. The number of primary amides is 1. The van der Waals surface area contributed by atoms with Crippen molar-refractivity contribution >= 4 is 41.4 Å². The molecular weight excluding hydrogens is 474 g/mol. The second-order valence-electron chi connectivity index (χ2n) is 8.40. The Balaban J connectivity index is 2.10. The number of aliphatic carboxylic acids is 1. The third kappa shape index (κ3) is 8.55. The van der Waals surface area contributed by atoms with E-state index in [2.05, 4.69) is 10.6 Å². The Morgan fingerprint density at radius 2 is 1.83 bits per heavy atom. The molecule has 11 nitrogen and oxygen atoms in total. The predicted octanol–water partition coefficient (Wildman–Crippen LogP) is -0.770. The van der Waals surface area contributed by atoms with Crippen molar-refractivity contribution in [1.82, 2.24) is 15.5 Å². The molecule has 1 saturated heterocycles. The minimum absolute atomic E-state index is 0.104. The number of amides is 4. The zero-order valence-electron chi connectivity index (χ0n) is 19.6. The van der Waals surface area contributed by atoms with Gasteiger partial charge in [-0.15, -0.1) is 0 Å². The molecule has 1 fully saturated rings. The lowest BCUT2D eigenvalue weighted by atomic mass is 10.0. The van der Waals surface area contributed by atoms with Crippen LogP contribution in [0, 0.1) is 0 Å². The molecular formula is C23H33N5O6S. The molecule has 0 saturated carbocycles. The second kappa shape index (κ2) is 13.7. The molecule has 2 rings (SSSR count). The van der Waals surface area contributed by atoms with Crippen molar-refractivity contribution < 1.29 is 29.1 Å². The van der Waals surface area contributed by atoms with E-state index < -0.39 is 53.8 Å². The van der Waals surface area contributed by atoms with Crippen LogP contribution in [0.25, 0.3) is 0 Å². The van der Waals surface area contributed by atoms with Crippen molar-refractivity contribution in [2.75, 3.05) is 18.6 Å². The number of likely N-dealkylation sites (tertiary alicyclic amines) is 1. The smallest absolute Gasteiger partial charge is 0.326 e. The van der Waals surface area contributed by atoms with Gasteiger partial charge in [-0.2, -0.15) is 11.8 Å². The first-order valence-electron chi connectivity index (χ1n) is 11.3. The highest BCUT2D eigenvalue weighted by Gasteiger charge is 2.39. The maximum atomic E-state index is 13.3. The molecule has 0 radical (unpaired) electrons. The van der Waals surface area contributed by atoms with Crippen LogP contribution in [-0.2, 0) is 30.4 Å². The quantitative estimate of drug-likeness (QED) is 0.230. The number of benzene rings is 1. The van der Waals surface area contributed by atoms with E-state index in [1.807, 2.05) is 12.3 Å². The maximum absolute atomic E-state index is 13.3. The first kappa shape index (κ1) is 28.1. The summed E-state index contributed by atoms with van der Waals surface area (Å²) in [7, 11) is 0. The number of nitrogens with two attached hydrogens (primary N) is 2. The number of carbonyl (C=O) groups excluding carboxylic acids is 4. The molecule has 0 bridgehead atoms. The summed E-state index contributed by atoms with van der Waals surface area (Å²) in [5.74, 6) is -3.04. The molecule has 1 aliphatic rings. The third-order valence-corrected chi connectivity index (χ3v) is 6.36. The van der Waals surface area contributed by atoms with Crippen molar-refractivity contribution in [2.24, 2.45) is 11.5 Å². The van der Waals surface area contributed by atoms with Crippen molar-refractivity contribution in [3.8, 4) is 0 Å². The molecule has 192 valence electrons. The number of carboxylic acid groups (broad SMARTS) is 1. The molecule has 4 atom stereocenters. The first-order valence-corrected chi connectivity index (χ1v) is 12.7. The lowest BCUT2D eigenvalue weighted by Crippen LogP contribution is -2.57. The Bertz CT molecular complexity index is 915. The molecule has 4 amide bonds. The fraction of sp³-hybridized carbons (Fsp3) is 0.522. The van der Waals surface area contributed by atoms with Gasteiger partial charge < -0.3 is 32.1 Å². The van der Waals surface area contributed by atoms with Crippen molar-refractivity contribution in [2.45, 2.75) is 56.3 Å². The van der Waals surface area contributed by atoms with Gasteiger partial charge in [0.15, 0.2) is 0 Å². The molecule has 0 aliphatic carbocycles. The van der Waals surface area contributed by atoms with Crippen LogP contribution in [0.15, 0.2) is 30.3 Å². The van der Waals surface area contributed by atoms with Crippen LogP contribution in [0.1, 0.15) is 31.2 Å². The van der Waals surface area contributed by atoms with Gasteiger partial charge in [0.2, 0.25) is 23.6 Å².